The van der Waals surface area contributed by atoms with Crippen LogP contribution in [0.25, 0.3) is 11.2 Å². The fourth-order valence-corrected chi connectivity index (χ4v) is 2.83. The fourth-order valence-electron chi connectivity index (χ4n) is 2.64. The van der Waals surface area contributed by atoms with Crippen LogP contribution in [-0.4, -0.2) is 32.4 Å². The Morgan fingerprint density at radius 3 is 2.57 bits per heavy atom. The Balaban J connectivity index is 2.77. The van der Waals surface area contributed by atoms with Crippen LogP contribution >= 0.6 is 11.6 Å². The second-order valence-electron chi connectivity index (χ2n) is 5.32. The Bertz CT molecular complexity index is 660. The monoisotopic (exact) mass is 312 g/mol. The van der Waals surface area contributed by atoms with Gasteiger partial charge >= 0.3 is 5.97 Å². The molecule has 0 aliphatic carbocycles. The van der Waals surface area contributed by atoms with Gasteiger partial charge in [0.1, 0.15) is 17.4 Å². The average molecular weight is 313 g/mol. The zero-order chi connectivity index (χ0) is 15.7. The molecule has 0 N–H and O–H groups in total. The molecule has 21 heavy (non-hydrogen) atoms. The normalized spacial score (nSPS) is 13.1. The Hall–Kier alpha value is -1.56. The Morgan fingerprint density at radius 1 is 1.43 bits per heavy atom. The highest BCUT2D eigenvalue weighted by Crippen LogP contribution is 2.29. The van der Waals surface area contributed by atoms with Crippen LogP contribution in [0.5, 0.6) is 0 Å². The van der Waals surface area contributed by atoms with Crippen LogP contribution in [0.15, 0.2) is 0 Å². The topological polar surface area (TPSA) is 61.9 Å². The number of hydrogen-bond donors (Lipinski definition) is 0. The third-order valence-electron chi connectivity index (χ3n) is 3.59. The van der Waals surface area contributed by atoms with Crippen molar-refractivity contribution in [2.45, 2.75) is 46.2 Å². The summed E-state index contributed by atoms with van der Waals surface area (Å²) in [5.41, 5.74) is 2.46. The number of aryl methyl sites for hydroxylation is 2. The number of aromatic nitrogens is 4. The molecule has 1 atom stereocenters. The molecule has 2 aromatic rings. The largest absolute Gasteiger partial charge is 0.467 e. The first-order valence-corrected chi connectivity index (χ1v) is 7.57. The summed E-state index contributed by atoms with van der Waals surface area (Å²) < 4.78 is 8.70. The number of carbonyl (C=O) groups excluding carboxylic acids is 1. The van der Waals surface area contributed by atoms with Crippen molar-refractivity contribution in [3.63, 3.8) is 0 Å². The number of halogens is 1. The molecule has 1 unspecified atom stereocenters. The van der Waals surface area contributed by atoms with E-state index in [9.17, 15) is 4.79 Å². The number of esters is 1. The molecule has 0 saturated carbocycles. The molecule has 6 nitrogen and oxygen atoms in total. The van der Waals surface area contributed by atoms with Gasteiger partial charge in [-0.3, -0.25) is 4.57 Å². The molecule has 0 bridgehead atoms. The van der Waals surface area contributed by atoms with Gasteiger partial charge in [0.05, 0.1) is 18.7 Å². The van der Waals surface area contributed by atoms with Gasteiger partial charge in [-0.1, -0.05) is 13.8 Å². The smallest absolute Gasteiger partial charge is 0.329 e. The molecular weight excluding hydrogens is 292 g/mol. The summed E-state index contributed by atoms with van der Waals surface area (Å²) in [6.45, 7) is 8.57. The lowest BCUT2D eigenvalue weighted by Crippen LogP contribution is -2.28. The lowest BCUT2D eigenvalue weighted by atomic mass is 10.0. The van der Waals surface area contributed by atoms with E-state index in [2.05, 4.69) is 10.1 Å². The van der Waals surface area contributed by atoms with Gasteiger partial charge in [-0.15, -0.1) is 11.6 Å². The number of carbonyl (C=O) groups is 1. The van der Waals surface area contributed by atoms with Crippen LogP contribution < -0.4 is 0 Å². The standard InChI is InChI=1S/C14H21ClN4O2/c1-6-18-13-11(9(4)17-18)16-10(7-15)19(13)12(8(2)3)14(20)21-5/h8,12H,6-7H2,1-5H3. The quantitative estimate of drug-likeness (QED) is 0.629. The third-order valence-corrected chi connectivity index (χ3v) is 3.83. The number of ether oxygens (including phenoxy) is 1. The molecule has 0 aliphatic rings. The van der Waals surface area contributed by atoms with Crippen LogP contribution in [0.3, 0.4) is 0 Å². The van der Waals surface area contributed by atoms with E-state index in [0.29, 0.717) is 12.4 Å². The number of methoxy groups -OCH3 is 1. The van der Waals surface area contributed by atoms with E-state index in [-0.39, 0.29) is 17.8 Å². The minimum Gasteiger partial charge on any atom is -0.467 e. The summed E-state index contributed by atoms with van der Waals surface area (Å²) in [6.07, 6.45) is 0. The van der Waals surface area contributed by atoms with Gasteiger partial charge in [-0.05, 0) is 19.8 Å². The van der Waals surface area contributed by atoms with Crippen molar-refractivity contribution in [1.29, 1.82) is 0 Å². The van der Waals surface area contributed by atoms with E-state index in [4.69, 9.17) is 16.3 Å². The van der Waals surface area contributed by atoms with Crippen molar-refractivity contribution in [2.75, 3.05) is 7.11 Å². The number of rotatable bonds is 5. The average Bonchev–Trinajstić information content (AvgIpc) is 2.97. The summed E-state index contributed by atoms with van der Waals surface area (Å²) in [4.78, 5) is 16.8. The molecule has 0 spiro atoms. The Kier molecular flexibility index (Phi) is 4.56. The van der Waals surface area contributed by atoms with Crippen molar-refractivity contribution in [3.8, 4) is 0 Å². The van der Waals surface area contributed by atoms with E-state index in [1.807, 2.05) is 36.9 Å². The van der Waals surface area contributed by atoms with Gasteiger partial charge in [0, 0.05) is 6.54 Å². The molecule has 0 fully saturated rings. The first-order valence-electron chi connectivity index (χ1n) is 7.04. The summed E-state index contributed by atoms with van der Waals surface area (Å²) in [5, 5.41) is 4.47. The molecular formula is C14H21ClN4O2. The highest BCUT2D eigenvalue weighted by atomic mass is 35.5. The molecule has 0 radical (unpaired) electrons. The molecule has 0 saturated heterocycles. The molecule has 116 valence electrons. The molecule has 2 aromatic heterocycles. The lowest BCUT2D eigenvalue weighted by Gasteiger charge is -2.22. The number of hydrogen-bond acceptors (Lipinski definition) is 4. The van der Waals surface area contributed by atoms with E-state index >= 15 is 0 Å². The lowest BCUT2D eigenvalue weighted by molar-refractivity contribution is -0.146. The predicted octanol–water partition coefficient (Wildman–Crippen LogP) is 2.67. The van der Waals surface area contributed by atoms with Crippen LogP contribution in [0, 0.1) is 12.8 Å². The van der Waals surface area contributed by atoms with E-state index in [0.717, 1.165) is 16.9 Å². The minimum absolute atomic E-state index is 0.0531. The highest BCUT2D eigenvalue weighted by Gasteiger charge is 2.31. The van der Waals surface area contributed by atoms with Gasteiger partial charge in [0.25, 0.3) is 0 Å². The van der Waals surface area contributed by atoms with Crippen LogP contribution in [0.4, 0.5) is 0 Å². The summed E-state index contributed by atoms with van der Waals surface area (Å²) in [5.74, 6) is 0.658. The third kappa shape index (κ3) is 2.52. The SMILES string of the molecule is CCn1nc(C)c2nc(CCl)n(C(C(=O)OC)C(C)C)c21. The van der Waals surface area contributed by atoms with E-state index < -0.39 is 6.04 Å². The number of imidazole rings is 1. The maximum Gasteiger partial charge on any atom is 0.329 e. The number of fused-ring (bicyclic) bond motifs is 1. The minimum atomic E-state index is -0.463. The number of alkyl halides is 1. The maximum atomic E-state index is 12.2. The summed E-state index contributed by atoms with van der Waals surface area (Å²) in [6, 6.07) is -0.463. The molecule has 0 amide bonds. The first-order chi connectivity index (χ1) is 9.96. The van der Waals surface area contributed by atoms with Gasteiger partial charge in [0.2, 0.25) is 0 Å². The van der Waals surface area contributed by atoms with Gasteiger partial charge < -0.3 is 4.74 Å². The van der Waals surface area contributed by atoms with E-state index in [1.165, 1.54) is 7.11 Å². The zero-order valence-corrected chi connectivity index (χ0v) is 13.8. The molecule has 0 aliphatic heterocycles. The second-order valence-corrected chi connectivity index (χ2v) is 5.58. The van der Waals surface area contributed by atoms with Crippen LogP contribution in [0.2, 0.25) is 0 Å². The first kappa shape index (κ1) is 15.8. The van der Waals surface area contributed by atoms with Crippen molar-refractivity contribution in [3.05, 3.63) is 11.5 Å². The van der Waals surface area contributed by atoms with Crippen LogP contribution in [-0.2, 0) is 22.0 Å². The van der Waals surface area contributed by atoms with Gasteiger partial charge in [-0.2, -0.15) is 5.10 Å². The predicted molar refractivity (Wildman–Crippen MR) is 81.4 cm³/mol. The molecule has 2 rings (SSSR count). The zero-order valence-electron chi connectivity index (χ0n) is 13.1. The van der Waals surface area contributed by atoms with Crippen molar-refractivity contribution in [1.82, 2.24) is 19.3 Å². The fraction of sp³-hybridized carbons (Fsp3) is 0.643. The Morgan fingerprint density at radius 2 is 2.10 bits per heavy atom. The molecule has 7 heteroatoms. The maximum absolute atomic E-state index is 12.2. The molecule has 0 aromatic carbocycles. The summed E-state index contributed by atoms with van der Waals surface area (Å²) in [7, 11) is 1.40. The van der Waals surface area contributed by atoms with Crippen molar-refractivity contribution >= 4 is 28.7 Å². The Labute approximate surface area is 129 Å². The van der Waals surface area contributed by atoms with Crippen molar-refractivity contribution < 1.29 is 9.53 Å². The van der Waals surface area contributed by atoms with Gasteiger partial charge in [-0.25, -0.2) is 14.5 Å². The summed E-state index contributed by atoms with van der Waals surface area (Å²) >= 11 is 6.04. The van der Waals surface area contributed by atoms with Gasteiger partial charge in [0.15, 0.2) is 5.65 Å². The second kappa shape index (κ2) is 6.05. The van der Waals surface area contributed by atoms with Crippen LogP contribution in [0.1, 0.15) is 38.3 Å². The van der Waals surface area contributed by atoms with Crippen molar-refractivity contribution in [2.24, 2.45) is 5.92 Å². The molecule has 2 heterocycles. The van der Waals surface area contributed by atoms with E-state index in [1.54, 1.807) is 0 Å². The number of nitrogens with zero attached hydrogens (tertiary/aromatic N) is 4. The highest BCUT2D eigenvalue weighted by molar-refractivity contribution is 6.16.